The molecule has 0 unspecified atom stereocenters. The van der Waals surface area contributed by atoms with Gasteiger partial charge in [-0.1, -0.05) is 0 Å². The fourth-order valence-corrected chi connectivity index (χ4v) is 3.11. The molecule has 136 valence electrons. The Morgan fingerprint density at radius 2 is 1.88 bits per heavy atom. The van der Waals surface area contributed by atoms with E-state index in [4.69, 9.17) is 0 Å². The molecule has 0 aromatic heterocycles. The molecule has 2 fully saturated rings. The Morgan fingerprint density at radius 3 is 2.48 bits per heavy atom. The zero-order chi connectivity index (χ0) is 18.2. The summed E-state index contributed by atoms with van der Waals surface area (Å²) in [6, 6.07) is 2.81. The number of nitro groups is 1. The quantitative estimate of drug-likeness (QED) is 0.616. The maximum absolute atomic E-state index is 13.4. The molecule has 1 aliphatic carbocycles. The molecule has 0 atom stereocenters. The molecular formula is C16H18F3N3O3. The molecule has 0 N–H and O–H groups in total. The van der Waals surface area contributed by atoms with Gasteiger partial charge in [0.2, 0.25) is 5.91 Å². The zero-order valence-corrected chi connectivity index (χ0v) is 13.5. The lowest BCUT2D eigenvalue weighted by molar-refractivity contribution is -0.385. The molecule has 1 saturated heterocycles. The van der Waals surface area contributed by atoms with Crippen molar-refractivity contribution in [3.05, 3.63) is 33.9 Å². The van der Waals surface area contributed by atoms with Crippen molar-refractivity contribution in [2.75, 3.05) is 31.1 Å². The first kappa shape index (κ1) is 17.5. The van der Waals surface area contributed by atoms with Gasteiger partial charge in [0.25, 0.3) is 5.69 Å². The number of nitrogens with zero attached hydrogens (tertiary/aromatic N) is 3. The molecule has 1 aromatic rings. The van der Waals surface area contributed by atoms with Crippen LogP contribution < -0.4 is 4.90 Å². The van der Waals surface area contributed by atoms with E-state index in [1.165, 1.54) is 0 Å². The predicted octanol–water partition coefficient (Wildman–Crippen LogP) is 3.06. The van der Waals surface area contributed by atoms with Gasteiger partial charge in [-0.05, 0) is 25.3 Å². The summed E-state index contributed by atoms with van der Waals surface area (Å²) in [5.74, 6) is 0.165. The lowest BCUT2D eigenvalue weighted by Gasteiger charge is -2.26. The second-order valence-electron chi connectivity index (χ2n) is 6.40. The van der Waals surface area contributed by atoms with Crippen molar-refractivity contribution in [2.24, 2.45) is 5.92 Å². The number of amides is 1. The Hall–Kier alpha value is -2.32. The topological polar surface area (TPSA) is 66.7 Å². The normalized spacial score (nSPS) is 18.8. The SMILES string of the molecule is O=C(C1CC1)N1CCCN(c2ccc([N+](=O)[O-])cc2C(F)(F)F)CC1. The van der Waals surface area contributed by atoms with Gasteiger partial charge in [0, 0.05) is 49.9 Å². The lowest BCUT2D eigenvalue weighted by Crippen LogP contribution is -2.36. The molecule has 3 rings (SSSR count). The minimum absolute atomic E-state index is 0.0705. The van der Waals surface area contributed by atoms with E-state index in [1.807, 2.05) is 0 Å². The number of hydrogen-bond donors (Lipinski definition) is 0. The van der Waals surface area contributed by atoms with Gasteiger partial charge in [-0.3, -0.25) is 14.9 Å². The highest BCUT2D eigenvalue weighted by Crippen LogP contribution is 2.39. The van der Waals surface area contributed by atoms with E-state index >= 15 is 0 Å². The second-order valence-corrected chi connectivity index (χ2v) is 6.40. The van der Waals surface area contributed by atoms with Gasteiger partial charge in [-0.15, -0.1) is 0 Å². The third-order valence-electron chi connectivity index (χ3n) is 4.57. The first-order valence-electron chi connectivity index (χ1n) is 8.17. The Balaban J connectivity index is 1.83. The second kappa shape index (κ2) is 6.53. The molecule has 1 heterocycles. The number of carbonyl (C=O) groups excluding carboxylic acids is 1. The summed E-state index contributed by atoms with van der Waals surface area (Å²) in [6.07, 6.45) is -2.34. The van der Waals surface area contributed by atoms with Crippen molar-refractivity contribution in [1.29, 1.82) is 0 Å². The van der Waals surface area contributed by atoms with Crippen LogP contribution in [0, 0.1) is 16.0 Å². The highest BCUT2D eigenvalue weighted by Gasteiger charge is 2.38. The third kappa shape index (κ3) is 3.85. The summed E-state index contributed by atoms with van der Waals surface area (Å²) >= 11 is 0. The first-order chi connectivity index (χ1) is 11.8. The van der Waals surface area contributed by atoms with Crippen LogP contribution in [-0.2, 0) is 11.0 Å². The predicted molar refractivity (Wildman–Crippen MR) is 84.2 cm³/mol. The van der Waals surface area contributed by atoms with E-state index in [-0.39, 0.29) is 24.1 Å². The number of anilines is 1. The van der Waals surface area contributed by atoms with Gasteiger partial charge >= 0.3 is 6.18 Å². The molecule has 2 aliphatic rings. The number of nitro benzene ring substituents is 1. The summed E-state index contributed by atoms with van der Waals surface area (Å²) in [5, 5.41) is 10.8. The van der Waals surface area contributed by atoms with Crippen molar-refractivity contribution < 1.29 is 22.9 Å². The number of alkyl halides is 3. The number of non-ortho nitro benzene ring substituents is 1. The number of carbonyl (C=O) groups is 1. The number of hydrogen-bond acceptors (Lipinski definition) is 4. The van der Waals surface area contributed by atoms with Crippen LogP contribution in [0.1, 0.15) is 24.8 Å². The van der Waals surface area contributed by atoms with Gasteiger partial charge in [-0.2, -0.15) is 13.2 Å². The number of halogens is 3. The summed E-state index contributed by atoms with van der Waals surface area (Å²) in [5.41, 5.74) is -1.67. The smallest absolute Gasteiger partial charge is 0.369 e. The molecule has 0 spiro atoms. The molecule has 0 bridgehead atoms. The maximum atomic E-state index is 13.4. The highest BCUT2D eigenvalue weighted by atomic mass is 19.4. The van der Waals surface area contributed by atoms with E-state index in [2.05, 4.69) is 0 Å². The fourth-order valence-electron chi connectivity index (χ4n) is 3.11. The Morgan fingerprint density at radius 1 is 1.16 bits per heavy atom. The van der Waals surface area contributed by atoms with Crippen molar-refractivity contribution >= 4 is 17.3 Å². The maximum Gasteiger partial charge on any atom is 0.418 e. The van der Waals surface area contributed by atoms with Gasteiger partial charge in [0.1, 0.15) is 0 Å². The van der Waals surface area contributed by atoms with Crippen LogP contribution >= 0.6 is 0 Å². The monoisotopic (exact) mass is 357 g/mol. The van der Waals surface area contributed by atoms with Crippen molar-refractivity contribution in [1.82, 2.24) is 4.90 Å². The largest absolute Gasteiger partial charge is 0.418 e. The summed E-state index contributed by atoms with van der Waals surface area (Å²) in [7, 11) is 0. The minimum Gasteiger partial charge on any atom is -0.369 e. The van der Waals surface area contributed by atoms with Gasteiger partial charge in [0.15, 0.2) is 0 Å². The van der Waals surface area contributed by atoms with Gasteiger partial charge < -0.3 is 9.80 Å². The number of rotatable bonds is 3. The van der Waals surface area contributed by atoms with Crippen molar-refractivity contribution in [3.8, 4) is 0 Å². The van der Waals surface area contributed by atoms with E-state index in [1.54, 1.807) is 9.80 Å². The fraction of sp³-hybridized carbons (Fsp3) is 0.562. The van der Waals surface area contributed by atoms with E-state index in [0.717, 1.165) is 25.0 Å². The molecule has 6 nitrogen and oxygen atoms in total. The summed E-state index contributed by atoms with van der Waals surface area (Å²) < 4.78 is 40.1. The Bertz CT molecular complexity index is 689. The van der Waals surface area contributed by atoms with Crippen LogP contribution in [0.15, 0.2) is 18.2 Å². The Kier molecular flexibility index (Phi) is 4.57. The van der Waals surface area contributed by atoms with Crippen LogP contribution in [0.25, 0.3) is 0 Å². The van der Waals surface area contributed by atoms with Crippen LogP contribution in [-0.4, -0.2) is 41.9 Å². The molecular weight excluding hydrogens is 339 g/mol. The average molecular weight is 357 g/mol. The lowest BCUT2D eigenvalue weighted by atomic mass is 10.1. The van der Waals surface area contributed by atoms with E-state index in [0.29, 0.717) is 32.1 Å². The van der Waals surface area contributed by atoms with Crippen molar-refractivity contribution in [2.45, 2.75) is 25.4 Å². The highest BCUT2D eigenvalue weighted by molar-refractivity contribution is 5.81. The molecule has 0 radical (unpaired) electrons. The first-order valence-corrected chi connectivity index (χ1v) is 8.17. The van der Waals surface area contributed by atoms with Crippen molar-refractivity contribution in [3.63, 3.8) is 0 Å². The number of benzene rings is 1. The van der Waals surface area contributed by atoms with Crippen LogP contribution in [0.4, 0.5) is 24.5 Å². The van der Waals surface area contributed by atoms with Crippen LogP contribution in [0.2, 0.25) is 0 Å². The van der Waals surface area contributed by atoms with E-state index < -0.39 is 22.4 Å². The molecule has 1 aliphatic heterocycles. The molecule has 9 heteroatoms. The third-order valence-corrected chi connectivity index (χ3v) is 4.57. The van der Waals surface area contributed by atoms with E-state index in [9.17, 15) is 28.1 Å². The molecule has 25 heavy (non-hydrogen) atoms. The van der Waals surface area contributed by atoms with Crippen LogP contribution in [0.3, 0.4) is 0 Å². The minimum atomic E-state index is -4.68. The van der Waals surface area contributed by atoms with Gasteiger partial charge in [0.05, 0.1) is 10.5 Å². The average Bonchev–Trinajstić information content (AvgIpc) is 3.39. The molecule has 1 aromatic carbocycles. The Labute approximate surface area is 142 Å². The summed E-state index contributed by atoms with van der Waals surface area (Å²) in [4.78, 5) is 25.4. The van der Waals surface area contributed by atoms with Crippen LogP contribution in [0.5, 0.6) is 0 Å². The zero-order valence-electron chi connectivity index (χ0n) is 13.5. The molecule has 1 amide bonds. The van der Waals surface area contributed by atoms with Gasteiger partial charge in [-0.25, -0.2) is 0 Å². The molecule has 1 saturated carbocycles. The standard InChI is InChI=1S/C16H18F3N3O3/c17-16(18,19)13-10-12(22(24)25)4-5-14(13)20-6-1-7-21(9-8-20)15(23)11-2-3-11/h4-5,10-11H,1-3,6-9H2. The summed E-state index contributed by atoms with van der Waals surface area (Å²) in [6.45, 7) is 1.54.